The molecule has 0 N–H and O–H groups in total. The molecule has 0 heterocycles. The van der Waals surface area contributed by atoms with Gasteiger partial charge in [-0.05, 0) is 51.1 Å². The molecule has 0 aliphatic heterocycles. The van der Waals surface area contributed by atoms with Crippen LogP contribution < -0.4 is 0 Å². The van der Waals surface area contributed by atoms with Crippen molar-refractivity contribution in [3.63, 3.8) is 0 Å². The Hall–Kier alpha value is -0.0400. The van der Waals surface area contributed by atoms with Gasteiger partial charge in [0.2, 0.25) is 0 Å². The molecule has 0 amide bonds. The van der Waals surface area contributed by atoms with Gasteiger partial charge in [-0.2, -0.15) is 0 Å². The van der Waals surface area contributed by atoms with Crippen LogP contribution in [0.2, 0.25) is 0 Å². The SMILES string of the molecule is CC(C)C12CCCC(N(C)C)(C1)C2. The molecule has 0 spiro atoms. The molecule has 0 aromatic carbocycles. The average Bonchev–Trinajstić information content (AvgIpc) is 2.02. The molecule has 0 unspecified atom stereocenters. The van der Waals surface area contributed by atoms with E-state index in [4.69, 9.17) is 0 Å². The van der Waals surface area contributed by atoms with E-state index in [1.807, 2.05) is 0 Å². The van der Waals surface area contributed by atoms with E-state index in [0.29, 0.717) is 5.54 Å². The zero-order valence-electron chi connectivity index (χ0n) is 9.56. The molecule has 0 radical (unpaired) electrons. The minimum absolute atomic E-state index is 0.600. The first kappa shape index (κ1) is 9.51. The van der Waals surface area contributed by atoms with Crippen LogP contribution in [-0.4, -0.2) is 24.5 Å². The number of hydrogen-bond acceptors (Lipinski definition) is 1. The molecule has 2 bridgehead atoms. The maximum absolute atomic E-state index is 2.48. The van der Waals surface area contributed by atoms with E-state index in [1.165, 1.54) is 32.1 Å². The molecule has 3 saturated carbocycles. The van der Waals surface area contributed by atoms with Crippen LogP contribution in [0.1, 0.15) is 46.0 Å². The molecule has 3 rings (SSSR count). The third-order valence-corrected chi connectivity index (χ3v) is 4.85. The number of fused-ring (bicyclic) bond motifs is 2. The molecule has 0 aromatic heterocycles. The van der Waals surface area contributed by atoms with Crippen molar-refractivity contribution >= 4 is 0 Å². The second kappa shape index (κ2) is 2.73. The minimum Gasteiger partial charge on any atom is -0.304 e. The summed E-state index contributed by atoms with van der Waals surface area (Å²) in [7, 11) is 4.52. The van der Waals surface area contributed by atoms with Crippen LogP contribution in [0.5, 0.6) is 0 Å². The summed E-state index contributed by atoms with van der Waals surface area (Å²) in [6.07, 6.45) is 7.31. The fraction of sp³-hybridized carbons (Fsp3) is 1.00. The van der Waals surface area contributed by atoms with Crippen molar-refractivity contribution in [2.45, 2.75) is 51.5 Å². The molecule has 3 aliphatic carbocycles. The highest BCUT2D eigenvalue weighted by Crippen LogP contribution is 2.63. The Morgan fingerprint density at radius 2 is 1.69 bits per heavy atom. The first-order chi connectivity index (χ1) is 6.01. The van der Waals surface area contributed by atoms with Crippen molar-refractivity contribution in [3.05, 3.63) is 0 Å². The van der Waals surface area contributed by atoms with E-state index in [-0.39, 0.29) is 0 Å². The van der Waals surface area contributed by atoms with Crippen LogP contribution in [0.25, 0.3) is 0 Å². The summed E-state index contributed by atoms with van der Waals surface area (Å²) in [5.41, 5.74) is 1.32. The Bertz CT molecular complexity index is 179. The highest BCUT2D eigenvalue weighted by molar-refractivity contribution is 5.13. The highest BCUT2D eigenvalue weighted by Gasteiger charge is 2.58. The molecule has 3 fully saturated rings. The van der Waals surface area contributed by atoms with Gasteiger partial charge in [-0.25, -0.2) is 0 Å². The van der Waals surface area contributed by atoms with Gasteiger partial charge in [0.15, 0.2) is 0 Å². The summed E-state index contributed by atoms with van der Waals surface area (Å²) in [5.74, 6) is 0.890. The number of nitrogens with zero attached hydrogens (tertiary/aromatic N) is 1. The van der Waals surface area contributed by atoms with Crippen molar-refractivity contribution in [1.82, 2.24) is 4.90 Å². The van der Waals surface area contributed by atoms with Crippen LogP contribution in [-0.2, 0) is 0 Å². The van der Waals surface area contributed by atoms with Crippen molar-refractivity contribution in [2.24, 2.45) is 11.3 Å². The van der Waals surface area contributed by atoms with Crippen molar-refractivity contribution in [1.29, 1.82) is 0 Å². The first-order valence-electron chi connectivity index (χ1n) is 5.68. The molecule has 0 atom stereocenters. The lowest BCUT2D eigenvalue weighted by molar-refractivity contribution is -0.133. The topological polar surface area (TPSA) is 3.24 Å². The van der Waals surface area contributed by atoms with Crippen LogP contribution in [0.15, 0.2) is 0 Å². The molecular weight excluding hydrogens is 158 g/mol. The Balaban J connectivity index is 2.11. The summed E-state index contributed by atoms with van der Waals surface area (Å²) in [6.45, 7) is 4.82. The predicted molar refractivity (Wildman–Crippen MR) is 56.8 cm³/mol. The van der Waals surface area contributed by atoms with E-state index >= 15 is 0 Å². The number of hydrogen-bond donors (Lipinski definition) is 0. The van der Waals surface area contributed by atoms with Gasteiger partial charge in [-0.15, -0.1) is 0 Å². The van der Waals surface area contributed by atoms with Crippen LogP contribution in [0.3, 0.4) is 0 Å². The van der Waals surface area contributed by atoms with E-state index < -0.39 is 0 Å². The van der Waals surface area contributed by atoms with Crippen LogP contribution in [0, 0.1) is 11.3 Å². The summed E-state index contributed by atoms with van der Waals surface area (Å²) >= 11 is 0. The molecule has 0 aromatic rings. The Kier molecular flexibility index (Phi) is 1.99. The van der Waals surface area contributed by atoms with E-state index in [9.17, 15) is 0 Å². The lowest BCUT2D eigenvalue weighted by Crippen LogP contribution is -2.64. The third-order valence-electron chi connectivity index (χ3n) is 4.85. The third kappa shape index (κ3) is 1.16. The van der Waals surface area contributed by atoms with Crippen LogP contribution in [0.4, 0.5) is 0 Å². The Morgan fingerprint density at radius 3 is 2.15 bits per heavy atom. The molecule has 0 saturated heterocycles. The fourth-order valence-electron chi connectivity index (χ4n) is 3.62. The lowest BCUT2D eigenvalue weighted by atomic mass is 9.46. The monoisotopic (exact) mass is 181 g/mol. The highest BCUT2D eigenvalue weighted by atomic mass is 15.2. The van der Waals surface area contributed by atoms with Gasteiger partial charge in [-0.3, -0.25) is 0 Å². The van der Waals surface area contributed by atoms with Crippen molar-refractivity contribution in [3.8, 4) is 0 Å². The van der Waals surface area contributed by atoms with Gasteiger partial charge in [0, 0.05) is 5.54 Å². The number of rotatable bonds is 2. The predicted octanol–water partition coefficient (Wildman–Crippen LogP) is 2.91. The molecular formula is C12H23N. The van der Waals surface area contributed by atoms with Gasteiger partial charge < -0.3 is 4.90 Å². The standard InChI is InChI=1S/C12H23N/c1-10(2)11-6-5-7-12(8-11,9-11)13(3)4/h10H,5-9H2,1-4H3. The summed E-state index contributed by atoms with van der Waals surface area (Å²) in [4.78, 5) is 2.48. The smallest absolute Gasteiger partial charge is 0.0214 e. The fourth-order valence-corrected chi connectivity index (χ4v) is 3.62. The molecule has 13 heavy (non-hydrogen) atoms. The van der Waals surface area contributed by atoms with Gasteiger partial charge in [0.1, 0.15) is 0 Å². The zero-order valence-corrected chi connectivity index (χ0v) is 9.56. The molecule has 76 valence electrons. The Morgan fingerprint density at radius 1 is 1.08 bits per heavy atom. The molecule has 1 heteroatoms. The van der Waals surface area contributed by atoms with Crippen LogP contribution >= 0.6 is 0 Å². The average molecular weight is 181 g/mol. The maximum atomic E-state index is 2.48. The molecule has 1 nitrogen and oxygen atoms in total. The van der Waals surface area contributed by atoms with E-state index in [0.717, 1.165) is 11.3 Å². The summed E-state index contributed by atoms with van der Waals surface area (Å²) in [5, 5.41) is 0. The summed E-state index contributed by atoms with van der Waals surface area (Å²) in [6, 6.07) is 0. The van der Waals surface area contributed by atoms with Gasteiger partial charge in [0.05, 0.1) is 0 Å². The van der Waals surface area contributed by atoms with Gasteiger partial charge >= 0.3 is 0 Å². The summed E-state index contributed by atoms with van der Waals surface area (Å²) < 4.78 is 0. The Labute approximate surface area is 82.5 Å². The maximum Gasteiger partial charge on any atom is 0.0214 e. The first-order valence-corrected chi connectivity index (χ1v) is 5.68. The van der Waals surface area contributed by atoms with Crippen molar-refractivity contribution in [2.75, 3.05) is 14.1 Å². The zero-order chi connectivity index (χ0) is 9.69. The lowest BCUT2D eigenvalue weighted by Gasteiger charge is -2.65. The normalized spacial score (nSPS) is 43.8. The quantitative estimate of drug-likeness (QED) is 0.633. The van der Waals surface area contributed by atoms with Gasteiger partial charge in [0.25, 0.3) is 0 Å². The van der Waals surface area contributed by atoms with E-state index in [1.54, 1.807) is 0 Å². The van der Waals surface area contributed by atoms with Crippen molar-refractivity contribution < 1.29 is 0 Å². The van der Waals surface area contributed by atoms with Gasteiger partial charge in [-0.1, -0.05) is 20.3 Å². The van der Waals surface area contributed by atoms with E-state index in [2.05, 4.69) is 32.8 Å². The second-order valence-electron chi connectivity index (χ2n) is 5.84. The second-order valence-corrected chi connectivity index (χ2v) is 5.84. The minimum atomic E-state index is 0.600. The molecule has 3 aliphatic rings. The largest absolute Gasteiger partial charge is 0.304 e.